The summed E-state index contributed by atoms with van der Waals surface area (Å²) in [5.41, 5.74) is 0.365. The molecule has 12 nitrogen and oxygen atoms in total. The van der Waals surface area contributed by atoms with E-state index in [0.29, 0.717) is 22.2 Å². The number of thioether (sulfide) groups is 2. The van der Waals surface area contributed by atoms with Crippen LogP contribution in [0.3, 0.4) is 0 Å². The van der Waals surface area contributed by atoms with E-state index in [-0.39, 0.29) is 17.4 Å². The van der Waals surface area contributed by atoms with Crippen molar-refractivity contribution in [2.45, 2.75) is 16.4 Å². The first-order chi connectivity index (χ1) is 14.5. The Labute approximate surface area is 177 Å². The van der Waals surface area contributed by atoms with Gasteiger partial charge in [-0.3, -0.25) is 14.5 Å². The van der Waals surface area contributed by atoms with Crippen molar-refractivity contribution in [1.82, 2.24) is 35.6 Å². The first-order valence-corrected chi connectivity index (χ1v) is 10.6. The molecule has 2 aliphatic heterocycles. The van der Waals surface area contributed by atoms with Gasteiger partial charge in [-0.05, 0) is 22.1 Å². The molecule has 1 unspecified atom stereocenters. The lowest BCUT2D eigenvalue weighted by molar-refractivity contribution is -0.150. The Hall–Kier alpha value is -3.13. The van der Waals surface area contributed by atoms with Crippen molar-refractivity contribution in [2.75, 3.05) is 11.5 Å². The maximum absolute atomic E-state index is 12.6. The lowest BCUT2D eigenvalue weighted by Crippen LogP contribution is -2.70. The predicted molar refractivity (Wildman–Crippen MR) is 105 cm³/mol. The van der Waals surface area contributed by atoms with E-state index in [1.165, 1.54) is 39.4 Å². The molecule has 4 heterocycles. The number of amides is 2. The number of nitrogens with one attached hydrogen (secondary N) is 1. The zero-order chi connectivity index (χ0) is 21.3. The Bertz CT molecular complexity index is 1050. The van der Waals surface area contributed by atoms with Crippen LogP contribution in [0, 0.1) is 0 Å². The molecule has 0 aliphatic carbocycles. The van der Waals surface area contributed by atoms with Crippen LogP contribution in [0.4, 0.5) is 0 Å². The van der Waals surface area contributed by atoms with Gasteiger partial charge in [0.05, 0.1) is 5.75 Å². The number of aliphatic carboxylic acids is 1. The zero-order valence-corrected chi connectivity index (χ0v) is 17.1. The maximum Gasteiger partial charge on any atom is 0.352 e. The molecule has 30 heavy (non-hydrogen) atoms. The van der Waals surface area contributed by atoms with Gasteiger partial charge >= 0.3 is 5.97 Å². The molecule has 0 spiro atoms. The third kappa shape index (κ3) is 3.82. The molecule has 0 saturated carbocycles. The minimum absolute atomic E-state index is 0.0645. The number of nitrogens with zero attached hydrogens (tertiary/aromatic N) is 6. The standard InChI is InChI=1S/C16H15N7O5S2/c1-22-9(18-20-21-22)3-2-8-6-30-15-12(14(25)23(15)13(8)16(26)27)17-10(24)7-29-11-4-5-28-19-11/h2-5,12,15H,6-7H2,1H3,(H,17,24)(H,26,27)/t12?,15-/m1/s1. The Morgan fingerprint density at radius 3 is 2.97 bits per heavy atom. The van der Waals surface area contributed by atoms with Crippen molar-refractivity contribution in [3.63, 3.8) is 0 Å². The van der Waals surface area contributed by atoms with Gasteiger partial charge in [0.15, 0.2) is 5.82 Å². The molecule has 1 fully saturated rings. The highest BCUT2D eigenvalue weighted by molar-refractivity contribution is 8.00. The minimum atomic E-state index is -1.21. The first-order valence-electron chi connectivity index (χ1n) is 8.60. The fraction of sp³-hybridized carbons (Fsp3) is 0.312. The number of rotatable bonds is 7. The van der Waals surface area contributed by atoms with Gasteiger partial charge in [-0.25, -0.2) is 9.48 Å². The summed E-state index contributed by atoms with van der Waals surface area (Å²) in [7, 11) is 1.66. The van der Waals surface area contributed by atoms with Crippen molar-refractivity contribution >= 4 is 47.4 Å². The summed E-state index contributed by atoms with van der Waals surface area (Å²) in [6.45, 7) is 0. The maximum atomic E-state index is 12.6. The molecule has 2 aliphatic rings. The Kier molecular flexibility index (Phi) is 5.59. The van der Waals surface area contributed by atoms with E-state index in [9.17, 15) is 19.5 Å². The van der Waals surface area contributed by atoms with Crippen LogP contribution in [0.15, 0.2) is 39.2 Å². The Balaban J connectivity index is 1.45. The molecule has 14 heteroatoms. The summed E-state index contributed by atoms with van der Waals surface area (Å²) in [5, 5.41) is 27.2. The van der Waals surface area contributed by atoms with Gasteiger partial charge in [0.2, 0.25) is 5.91 Å². The van der Waals surface area contributed by atoms with Gasteiger partial charge < -0.3 is 14.9 Å². The first kappa shape index (κ1) is 20.2. The molecular weight excluding hydrogens is 434 g/mol. The second-order valence-electron chi connectivity index (χ2n) is 6.25. The van der Waals surface area contributed by atoms with Crippen LogP contribution >= 0.6 is 23.5 Å². The Morgan fingerprint density at radius 2 is 2.30 bits per heavy atom. The van der Waals surface area contributed by atoms with Crippen LogP contribution < -0.4 is 5.32 Å². The van der Waals surface area contributed by atoms with Crippen molar-refractivity contribution in [1.29, 1.82) is 0 Å². The number of carboxylic acids is 1. The number of carbonyl (C=O) groups is 3. The number of hydrogen-bond donors (Lipinski definition) is 2. The average molecular weight is 449 g/mol. The highest BCUT2D eigenvalue weighted by atomic mass is 32.2. The molecule has 2 amide bonds. The normalized spacial score (nSPS) is 21.0. The summed E-state index contributed by atoms with van der Waals surface area (Å²) in [4.78, 5) is 37.8. The third-order valence-electron chi connectivity index (χ3n) is 4.37. The highest BCUT2D eigenvalue weighted by Crippen LogP contribution is 2.40. The quantitative estimate of drug-likeness (QED) is 0.424. The molecule has 1 saturated heterocycles. The molecule has 0 aromatic carbocycles. The molecule has 4 rings (SSSR count). The van der Waals surface area contributed by atoms with Crippen LogP contribution in [0.2, 0.25) is 0 Å². The number of fused-ring (bicyclic) bond motifs is 1. The second kappa shape index (κ2) is 8.31. The van der Waals surface area contributed by atoms with E-state index in [0.717, 1.165) is 0 Å². The highest BCUT2D eigenvalue weighted by Gasteiger charge is 2.53. The number of β-lactam (4-membered cyclic amide) rings is 1. The van der Waals surface area contributed by atoms with Gasteiger partial charge in [0.1, 0.15) is 28.4 Å². The number of aromatic nitrogens is 5. The van der Waals surface area contributed by atoms with Gasteiger partial charge in [0.25, 0.3) is 5.91 Å². The SMILES string of the molecule is Cn1nnnc1C=CC1=C(C(=O)O)N2C(=O)C(NC(=O)CSc3ccon3)[C@H]2SC1. The van der Waals surface area contributed by atoms with E-state index >= 15 is 0 Å². The van der Waals surface area contributed by atoms with Gasteiger partial charge in [0, 0.05) is 18.9 Å². The van der Waals surface area contributed by atoms with Gasteiger partial charge in [-0.2, -0.15) is 0 Å². The van der Waals surface area contributed by atoms with Crippen molar-refractivity contribution in [2.24, 2.45) is 7.05 Å². The smallest absolute Gasteiger partial charge is 0.352 e. The fourth-order valence-corrected chi connectivity index (χ4v) is 4.88. The number of tetrazole rings is 1. The minimum Gasteiger partial charge on any atom is -0.477 e. The summed E-state index contributed by atoms with van der Waals surface area (Å²) >= 11 is 2.55. The summed E-state index contributed by atoms with van der Waals surface area (Å²) in [6.07, 6.45) is 4.58. The van der Waals surface area contributed by atoms with E-state index < -0.39 is 23.3 Å². The number of carbonyl (C=O) groups excluding carboxylic acids is 2. The van der Waals surface area contributed by atoms with Crippen LogP contribution in [-0.4, -0.2) is 76.1 Å². The number of allylic oxidation sites excluding steroid dienone is 1. The van der Waals surface area contributed by atoms with E-state index in [1.807, 2.05) is 0 Å². The number of aryl methyl sites for hydroxylation is 1. The summed E-state index contributed by atoms with van der Waals surface area (Å²) in [5.74, 6) is -1.15. The Morgan fingerprint density at radius 1 is 1.47 bits per heavy atom. The van der Waals surface area contributed by atoms with Crippen LogP contribution in [-0.2, 0) is 21.4 Å². The second-order valence-corrected chi connectivity index (χ2v) is 8.35. The number of hydrogen-bond acceptors (Lipinski definition) is 10. The topological polar surface area (TPSA) is 156 Å². The summed E-state index contributed by atoms with van der Waals surface area (Å²) in [6, 6.07) is 0.851. The van der Waals surface area contributed by atoms with E-state index in [4.69, 9.17) is 4.52 Å². The van der Waals surface area contributed by atoms with Gasteiger partial charge in [-0.15, -0.1) is 16.9 Å². The molecule has 2 N–H and O–H groups in total. The van der Waals surface area contributed by atoms with E-state index in [2.05, 4.69) is 26.0 Å². The molecule has 2 atom stereocenters. The third-order valence-corrected chi connectivity index (χ3v) is 6.58. The lowest BCUT2D eigenvalue weighted by Gasteiger charge is -2.49. The molecule has 2 aromatic rings. The molecule has 0 radical (unpaired) electrons. The van der Waals surface area contributed by atoms with E-state index in [1.54, 1.807) is 25.3 Å². The van der Waals surface area contributed by atoms with Crippen molar-refractivity contribution in [3.8, 4) is 0 Å². The fourth-order valence-electron chi connectivity index (χ4n) is 2.95. The van der Waals surface area contributed by atoms with Crippen LogP contribution in [0.1, 0.15) is 5.82 Å². The van der Waals surface area contributed by atoms with Crippen LogP contribution in [0.25, 0.3) is 6.08 Å². The average Bonchev–Trinajstić information content (AvgIpc) is 3.39. The van der Waals surface area contributed by atoms with Crippen LogP contribution in [0.5, 0.6) is 0 Å². The molecule has 2 aromatic heterocycles. The van der Waals surface area contributed by atoms with Gasteiger partial charge in [-0.1, -0.05) is 23.0 Å². The molecular formula is C16H15N7O5S2. The molecule has 0 bridgehead atoms. The number of carboxylic acid groups (broad SMARTS) is 1. The lowest BCUT2D eigenvalue weighted by atomic mass is 10.0. The predicted octanol–water partition coefficient (Wildman–Crippen LogP) is -0.258. The van der Waals surface area contributed by atoms with Crippen molar-refractivity contribution < 1.29 is 24.0 Å². The summed E-state index contributed by atoms with van der Waals surface area (Å²) < 4.78 is 6.14. The largest absolute Gasteiger partial charge is 0.477 e. The zero-order valence-electron chi connectivity index (χ0n) is 15.5. The van der Waals surface area contributed by atoms with Crippen molar-refractivity contribution in [3.05, 3.63) is 35.5 Å². The molecule has 156 valence electrons. The monoisotopic (exact) mass is 449 g/mol.